The molecule has 0 spiro atoms. The van der Waals surface area contributed by atoms with Crippen molar-refractivity contribution in [2.24, 2.45) is 5.92 Å². The van der Waals surface area contributed by atoms with Gasteiger partial charge in [-0.05, 0) is 37.9 Å². The number of rotatable bonds is 6. The summed E-state index contributed by atoms with van der Waals surface area (Å²) < 4.78 is 31.9. The topological polar surface area (TPSA) is 70.7 Å². The molecule has 144 valence electrons. The lowest BCUT2D eigenvalue weighted by Crippen LogP contribution is -2.71. The standard InChI is InChI=1S/C19H29N3O3S/c1-26(23,24)21-18-17(16-9-12-25-19(16)18)20-15-7-10-22(11-8-15)13-14-5-3-2-4-6-14/h2-6,15-21H,7-13H2,1H3/t16-,17+,18-,19-/m0/s1. The molecule has 6 nitrogen and oxygen atoms in total. The molecule has 1 saturated carbocycles. The van der Waals surface area contributed by atoms with Crippen LogP contribution < -0.4 is 10.0 Å². The molecule has 2 heterocycles. The highest BCUT2D eigenvalue weighted by Crippen LogP contribution is 2.40. The van der Waals surface area contributed by atoms with E-state index in [2.05, 4.69) is 45.3 Å². The van der Waals surface area contributed by atoms with Crippen molar-refractivity contribution in [1.29, 1.82) is 0 Å². The Kier molecular flexibility index (Phi) is 5.34. The highest BCUT2D eigenvalue weighted by atomic mass is 32.2. The van der Waals surface area contributed by atoms with Gasteiger partial charge in [0.25, 0.3) is 0 Å². The summed E-state index contributed by atoms with van der Waals surface area (Å²) in [5, 5.41) is 3.75. The first-order valence-electron chi connectivity index (χ1n) is 9.61. The largest absolute Gasteiger partial charge is 0.376 e. The van der Waals surface area contributed by atoms with E-state index in [1.54, 1.807) is 0 Å². The number of benzene rings is 1. The normalized spacial score (nSPS) is 33.0. The van der Waals surface area contributed by atoms with Gasteiger partial charge in [0, 0.05) is 31.2 Å². The van der Waals surface area contributed by atoms with Crippen molar-refractivity contribution < 1.29 is 13.2 Å². The minimum atomic E-state index is -3.22. The van der Waals surface area contributed by atoms with Gasteiger partial charge in [-0.3, -0.25) is 4.90 Å². The van der Waals surface area contributed by atoms with Gasteiger partial charge in [-0.15, -0.1) is 0 Å². The van der Waals surface area contributed by atoms with E-state index in [4.69, 9.17) is 4.74 Å². The van der Waals surface area contributed by atoms with E-state index < -0.39 is 10.0 Å². The molecule has 1 aromatic rings. The Balaban J connectivity index is 1.29. The number of hydrogen-bond acceptors (Lipinski definition) is 5. The third-order valence-corrected chi connectivity index (χ3v) is 6.70. The fourth-order valence-corrected chi connectivity index (χ4v) is 5.47. The quantitative estimate of drug-likeness (QED) is 0.770. The highest BCUT2D eigenvalue weighted by Gasteiger charge is 2.55. The first kappa shape index (κ1) is 18.4. The number of ether oxygens (including phenoxy) is 1. The summed E-state index contributed by atoms with van der Waals surface area (Å²) in [4.78, 5) is 2.50. The van der Waals surface area contributed by atoms with Gasteiger partial charge in [-0.1, -0.05) is 30.3 Å². The number of fused-ring (bicyclic) bond motifs is 1. The maximum absolute atomic E-state index is 11.7. The van der Waals surface area contributed by atoms with Crippen LogP contribution in [0.2, 0.25) is 0 Å². The Bertz CT molecular complexity index is 704. The maximum atomic E-state index is 11.7. The number of hydrogen-bond donors (Lipinski definition) is 2. The van der Waals surface area contributed by atoms with Crippen molar-refractivity contribution in [3.05, 3.63) is 35.9 Å². The predicted molar refractivity (Wildman–Crippen MR) is 101 cm³/mol. The molecule has 0 radical (unpaired) electrons. The average molecular weight is 380 g/mol. The van der Waals surface area contributed by atoms with Gasteiger partial charge in [0.15, 0.2) is 0 Å². The molecule has 3 aliphatic rings. The molecule has 26 heavy (non-hydrogen) atoms. The zero-order valence-electron chi connectivity index (χ0n) is 15.3. The smallest absolute Gasteiger partial charge is 0.209 e. The van der Waals surface area contributed by atoms with Crippen molar-refractivity contribution >= 4 is 10.0 Å². The van der Waals surface area contributed by atoms with Crippen LogP contribution in [0.15, 0.2) is 30.3 Å². The van der Waals surface area contributed by atoms with Gasteiger partial charge in [-0.2, -0.15) is 0 Å². The van der Waals surface area contributed by atoms with E-state index in [0.717, 1.165) is 45.5 Å². The Hall–Kier alpha value is -0.990. The van der Waals surface area contributed by atoms with E-state index in [9.17, 15) is 8.42 Å². The molecule has 1 aliphatic carbocycles. The van der Waals surface area contributed by atoms with Crippen LogP contribution in [-0.2, 0) is 21.3 Å². The molecule has 0 bridgehead atoms. The summed E-state index contributed by atoms with van der Waals surface area (Å²) in [7, 11) is -3.22. The molecule has 2 N–H and O–H groups in total. The van der Waals surface area contributed by atoms with E-state index in [1.165, 1.54) is 11.8 Å². The number of nitrogens with zero attached hydrogens (tertiary/aromatic N) is 1. The van der Waals surface area contributed by atoms with Gasteiger partial charge in [0.1, 0.15) is 0 Å². The SMILES string of the molecule is CS(=O)(=O)N[C@H]1[C@H](NC2CCN(Cc3ccccc3)CC2)[C@@H]2CCO[C@@H]21. The highest BCUT2D eigenvalue weighted by molar-refractivity contribution is 7.88. The molecule has 0 unspecified atom stereocenters. The van der Waals surface area contributed by atoms with E-state index in [1.807, 2.05) is 0 Å². The van der Waals surface area contributed by atoms with Crippen molar-refractivity contribution in [2.75, 3.05) is 26.0 Å². The minimum absolute atomic E-state index is 0.0420. The molecule has 7 heteroatoms. The lowest BCUT2D eigenvalue weighted by molar-refractivity contribution is -0.0273. The van der Waals surface area contributed by atoms with E-state index in [-0.39, 0.29) is 18.2 Å². The summed E-state index contributed by atoms with van der Waals surface area (Å²) in [6, 6.07) is 11.1. The van der Waals surface area contributed by atoms with Gasteiger partial charge < -0.3 is 10.1 Å². The molecule has 2 aliphatic heterocycles. The summed E-state index contributed by atoms with van der Waals surface area (Å²) in [5.74, 6) is 0.441. The lowest BCUT2D eigenvalue weighted by Gasteiger charge is -2.49. The molecular formula is C19H29N3O3S. The van der Waals surface area contributed by atoms with Crippen LogP contribution in [0.25, 0.3) is 0 Å². The number of piperidine rings is 1. The van der Waals surface area contributed by atoms with Crippen molar-refractivity contribution in [3.63, 3.8) is 0 Å². The Morgan fingerprint density at radius 2 is 1.85 bits per heavy atom. The second-order valence-corrected chi connectivity index (χ2v) is 9.71. The second-order valence-electron chi connectivity index (χ2n) is 7.93. The lowest BCUT2D eigenvalue weighted by atomic mass is 9.71. The summed E-state index contributed by atoms with van der Waals surface area (Å²) >= 11 is 0. The zero-order chi connectivity index (χ0) is 18.1. The second kappa shape index (κ2) is 7.56. The molecule has 0 aromatic heterocycles. The predicted octanol–water partition coefficient (Wildman–Crippen LogP) is 0.946. The molecule has 1 aromatic carbocycles. The number of likely N-dealkylation sites (tertiary alicyclic amines) is 1. The summed E-state index contributed by atoms with van der Waals surface area (Å²) in [5.41, 5.74) is 1.36. The van der Waals surface area contributed by atoms with Crippen molar-refractivity contribution in [2.45, 2.75) is 50.0 Å². The van der Waals surface area contributed by atoms with Gasteiger partial charge in [0.2, 0.25) is 10.0 Å². The Morgan fingerprint density at radius 3 is 2.54 bits per heavy atom. The molecular weight excluding hydrogens is 350 g/mol. The van der Waals surface area contributed by atoms with E-state index in [0.29, 0.717) is 12.0 Å². The van der Waals surface area contributed by atoms with E-state index >= 15 is 0 Å². The minimum Gasteiger partial charge on any atom is -0.376 e. The molecule has 3 fully saturated rings. The first-order chi connectivity index (χ1) is 12.5. The van der Waals surface area contributed by atoms with Crippen LogP contribution in [0.5, 0.6) is 0 Å². The Morgan fingerprint density at radius 1 is 1.12 bits per heavy atom. The molecule has 4 atom stereocenters. The first-order valence-corrected chi connectivity index (χ1v) is 11.5. The fraction of sp³-hybridized carbons (Fsp3) is 0.684. The molecule has 4 rings (SSSR count). The monoisotopic (exact) mass is 379 g/mol. The molecule has 2 saturated heterocycles. The fourth-order valence-electron chi connectivity index (χ4n) is 4.69. The average Bonchev–Trinajstić information content (AvgIpc) is 3.04. The third kappa shape index (κ3) is 4.12. The van der Waals surface area contributed by atoms with Crippen LogP contribution in [0.1, 0.15) is 24.8 Å². The summed E-state index contributed by atoms with van der Waals surface area (Å²) in [6.07, 6.45) is 4.51. The third-order valence-electron chi connectivity index (χ3n) is 6.00. The van der Waals surface area contributed by atoms with Crippen molar-refractivity contribution in [3.8, 4) is 0 Å². The van der Waals surface area contributed by atoms with Crippen LogP contribution >= 0.6 is 0 Å². The summed E-state index contributed by atoms with van der Waals surface area (Å²) in [6.45, 7) is 3.90. The van der Waals surface area contributed by atoms with Crippen LogP contribution in [0.3, 0.4) is 0 Å². The van der Waals surface area contributed by atoms with Crippen molar-refractivity contribution in [1.82, 2.24) is 14.9 Å². The van der Waals surface area contributed by atoms with Crippen LogP contribution in [-0.4, -0.2) is 63.5 Å². The number of nitrogens with one attached hydrogen (secondary N) is 2. The Labute approximate surface area is 156 Å². The van der Waals surface area contributed by atoms with Crippen LogP contribution in [0, 0.1) is 5.92 Å². The molecule has 0 amide bonds. The zero-order valence-corrected chi connectivity index (χ0v) is 16.1. The van der Waals surface area contributed by atoms with Crippen LogP contribution in [0.4, 0.5) is 0 Å². The van der Waals surface area contributed by atoms with Gasteiger partial charge in [-0.25, -0.2) is 13.1 Å². The van der Waals surface area contributed by atoms with Gasteiger partial charge in [0.05, 0.1) is 18.4 Å². The maximum Gasteiger partial charge on any atom is 0.209 e. The van der Waals surface area contributed by atoms with Gasteiger partial charge >= 0.3 is 0 Å². The number of sulfonamides is 1.